The lowest BCUT2D eigenvalue weighted by atomic mass is 10.5. The minimum atomic E-state index is -2.81. The van der Waals surface area contributed by atoms with Crippen molar-refractivity contribution in [1.29, 1.82) is 0 Å². The van der Waals surface area contributed by atoms with Gasteiger partial charge in [0.15, 0.2) is 8.32 Å². The van der Waals surface area contributed by atoms with Crippen LogP contribution in [0.3, 0.4) is 0 Å². The SMILES string of the molecule is C[Si](C)(C)OCCCS(C)(=O)=O. The number of sulfone groups is 1. The van der Waals surface area contributed by atoms with Gasteiger partial charge in [-0.25, -0.2) is 8.42 Å². The van der Waals surface area contributed by atoms with E-state index in [1.54, 1.807) is 0 Å². The van der Waals surface area contributed by atoms with E-state index in [2.05, 4.69) is 19.6 Å². The molecule has 12 heavy (non-hydrogen) atoms. The van der Waals surface area contributed by atoms with E-state index < -0.39 is 18.2 Å². The van der Waals surface area contributed by atoms with Crippen LogP contribution in [-0.4, -0.2) is 35.4 Å². The molecule has 0 aromatic heterocycles. The Balaban J connectivity index is 3.48. The lowest BCUT2D eigenvalue weighted by molar-refractivity contribution is 0.311. The Labute approximate surface area is 76.2 Å². The van der Waals surface area contributed by atoms with Gasteiger partial charge in [-0.05, 0) is 26.1 Å². The summed E-state index contributed by atoms with van der Waals surface area (Å²) in [4.78, 5) is 0. The molecule has 0 saturated carbocycles. The van der Waals surface area contributed by atoms with Crippen LogP contribution in [0.1, 0.15) is 6.42 Å². The van der Waals surface area contributed by atoms with Gasteiger partial charge in [-0.2, -0.15) is 0 Å². The smallest absolute Gasteiger partial charge is 0.183 e. The van der Waals surface area contributed by atoms with Crippen molar-refractivity contribution in [2.45, 2.75) is 26.1 Å². The zero-order valence-corrected chi connectivity index (χ0v) is 10.1. The summed E-state index contributed by atoms with van der Waals surface area (Å²) in [7, 11) is -4.25. The minimum Gasteiger partial charge on any atom is -0.418 e. The van der Waals surface area contributed by atoms with Crippen LogP contribution in [0.5, 0.6) is 0 Å². The fourth-order valence-electron chi connectivity index (χ4n) is 0.699. The molecular formula is C7H18O3SSi. The van der Waals surface area contributed by atoms with E-state index >= 15 is 0 Å². The second-order valence-corrected chi connectivity index (χ2v) is 10.7. The molecule has 0 aliphatic heterocycles. The molecule has 0 heterocycles. The molecule has 0 fully saturated rings. The zero-order valence-electron chi connectivity index (χ0n) is 8.25. The zero-order chi connectivity index (χ0) is 9.83. The van der Waals surface area contributed by atoms with Gasteiger partial charge in [-0.1, -0.05) is 0 Å². The predicted molar refractivity (Wildman–Crippen MR) is 53.6 cm³/mol. The molecule has 0 radical (unpaired) electrons. The van der Waals surface area contributed by atoms with Gasteiger partial charge in [0.25, 0.3) is 0 Å². The fraction of sp³-hybridized carbons (Fsp3) is 1.00. The number of rotatable bonds is 5. The van der Waals surface area contributed by atoms with E-state index in [0.29, 0.717) is 13.0 Å². The van der Waals surface area contributed by atoms with Crippen LogP contribution < -0.4 is 0 Å². The highest BCUT2D eigenvalue weighted by Gasteiger charge is 2.13. The van der Waals surface area contributed by atoms with Crippen LogP contribution in [0.15, 0.2) is 0 Å². The van der Waals surface area contributed by atoms with Gasteiger partial charge in [0.1, 0.15) is 9.84 Å². The monoisotopic (exact) mass is 210 g/mol. The maximum atomic E-state index is 10.7. The molecule has 0 bridgehead atoms. The van der Waals surface area contributed by atoms with E-state index in [0.717, 1.165) is 0 Å². The van der Waals surface area contributed by atoms with Crippen molar-refractivity contribution in [3.8, 4) is 0 Å². The van der Waals surface area contributed by atoms with Gasteiger partial charge in [0.2, 0.25) is 0 Å². The minimum absolute atomic E-state index is 0.234. The summed E-state index contributed by atoms with van der Waals surface area (Å²) in [6, 6.07) is 0. The molecule has 3 nitrogen and oxygen atoms in total. The van der Waals surface area contributed by atoms with Crippen molar-refractivity contribution >= 4 is 18.2 Å². The maximum absolute atomic E-state index is 10.7. The summed E-state index contributed by atoms with van der Waals surface area (Å²) in [5.74, 6) is 0.234. The highest BCUT2D eigenvalue weighted by atomic mass is 32.2. The molecule has 0 rings (SSSR count). The van der Waals surface area contributed by atoms with Crippen molar-refractivity contribution < 1.29 is 12.8 Å². The quantitative estimate of drug-likeness (QED) is 0.507. The molecule has 0 aliphatic rings. The van der Waals surface area contributed by atoms with E-state index in [4.69, 9.17) is 4.43 Å². The molecule has 0 atom stereocenters. The maximum Gasteiger partial charge on any atom is 0.183 e. The third-order valence-corrected chi connectivity index (χ3v) is 3.29. The van der Waals surface area contributed by atoms with E-state index in [1.165, 1.54) is 6.26 Å². The van der Waals surface area contributed by atoms with Crippen LogP contribution in [0.25, 0.3) is 0 Å². The van der Waals surface area contributed by atoms with Gasteiger partial charge in [0, 0.05) is 12.9 Å². The second-order valence-electron chi connectivity index (χ2n) is 3.94. The number of hydrogen-bond donors (Lipinski definition) is 0. The molecule has 0 aliphatic carbocycles. The van der Waals surface area contributed by atoms with Crippen LogP contribution in [0.4, 0.5) is 0 Å². The number of hydrogen-bond acceptors (Lipinski definition) is 3. The van der Waals surface area contributed by atoms with Gasteiger partial charge < -0.3 is 4.43 Å². The first-order chi connectivity index (χ1) is 5.21. The lowest BCUT2D eigenvalue weighted by Gasteiger charge is -2.16. The summed E-state index contributed by atoms with van der Waals surface area (Å²) >= 11 is 0. The van der Waals surface area contributed by atoms with Crippen molar-refractivity contribution in [2.75, 3.05) is 18.6 Å². The first kappa shape index (κ1) is 12.1. The van der Waals surface area contributed by atoms with Crippen molar-refractivity contribution in [3.63, 3.8) is 0 Å². The summed E-state index contributed by atoms with van der Waals surface area (Å²) in [5.41, 5.74) is 0. The Morgan fingerprint density at radius 3 is 2.08 bits per heavy atom. The Kier molecular flexibility index (Phi) is 4.43. The average molecular weight is 210 g/mol. The normalized spacial score (nSPS) is 13.3. The average Bonchev–Trinajstić information content (AvgIpc) is 1.76. The molecule has 0 unspecified atom stereocenters. The predicted octanol–water partition coefficient (Wildman–Crippen LogP) is 1.27. The Bertz CT molecular complexity index is 215. The molecule has 0 saturated heterocycles. The summed E-state index contributed by atoms with van der Waals surface area (Å²) in [5, 5.41) is 0. The first-order valence-corrected chi connectivity index (χ1v) is 9.49. The topological polar surface area (TPSA) is 43.4 Å². The molecule has 0 amide bonds. The largest absolute Gasteiger partial charge is 0.418 e. The third kappa shape index (κ3) is 10.1. The highest BCUT2D eigenvalue weighted by molar-refractivity contribution is 7.90. The van der Waals surface area contributed by atoms with Crippen LogP contribution in [0.2, 0.25) is 19.6 Å². The lowest BCUT2D eigenvalue weighted by Crippen LogP contribution is -2.26. The van der Waals surface area contributed by atoms with Gasteiger partial charge in [-0.3, -0.25) is 0 Å². The molecule has 0 aromatic rings. The van der Waals surface area contributed by atoms with Crippen molar-refractivity contribution in [2.24, 2.45) is 0 Å². The molecule has 0 spiro atoms. The van der Waals surface area contributed by atoms with Crippen LogP contribution in [0, 0.1) is 0 Å². The van der Waals surface area contributed by atoms with Gasteiger partial charge in [0.05, 0.1) is 5.75 Å². The summed E-state index contributed by atoms with van der Waals surface area (Å²) in [6.45, 7) is 6.84. The van der Waals surface area contributed by atoms with E-state index in [-0.39, 0.29) is 5.75 Å². The third-order valence-electron chi connectivity index (χ3n) is 1.19. The fourth-order valence-corrected chi connectivity index (χ4v) is 2.10. The highest BCUT2D eigenvalue weighted by Crippen LogP contribution is 2.03. The van der Waals surface area contributed by atoms with Crippen molar-refractivity contribution in [1.82, 2.24) is 0 Å². The van der Waals surface area contributed by atoms with Gasteiger partial charge in [-0.15, -0.1) is 0 Å². The molecule has 0 aromatic carbocycles. The van der Waals surface area contributed by atoms with E-state index in [9.17, 15) is 8.42 Å². The molecule has 0 N–H and O–H groups in total. The van der Waals surface area contributed by atoms with E-state index in [1.807, 2.05) is 0 Å². The Hall–Kier alpha value is 0.127. The standard InChI is InChI=1S/C7H18O3SSi/c1-11(8,9)7-5-6-10-12(2,3)4/h5-7H2,1-4H3. The second kappa shape index (κ2) is 4.39. The Morgan fingerprint density at radius 1 is 1.25 bits per heavy atom. The Morgan fingerprint density at radius 2 is 1.75 bits per heavy atom. The first-order valence-electron chi connectivity index (χ1n) is 4.02. The molecule has 5 heteroatoms. The summed E-state index contributed by atoms with van der Waals surface area (Å²) < 4.78 is 26.9. The van der Waals surface area contributed by atoms with Crippen LogP contribution >= 0.6 is 0 Å². The van der Waals surface area contributed by atoms with Gasteiger partial charge >= 0.3 is 0 Å². The molecule has 74 valence electrons. The molecular weight excluding hydrogens is 192 g/mol. The summed E-state index contributed by atoms with van der Waals surface area (Å²) in [6.07, 6.45) is 1.87. The van der Waals surface area contributed by atoms with Crippen molar-refractivity contribution in [3.05, 3.63) is 0 Å². The van der Waals surface area contributed by atoms with Crippen LogP contribution in [-0.2, 0) is 14.3 Å².